The molecular formula is C40H36O7S. The number of rotatable bonds is 13. The molecule has 48 heavy (non-hydrogen) atoms. The third kappa shape index (κ3) is 8.99. The lowest BCUT2D eigenvalue weighted by Crippen LogP contribution is -2.61. The van der Waals surface area contributed by atoms with Gasteiger partial charge in [0.2, 0.25) is 0 Å². The summed E-state index contributed by atoms with van der Waals surface area (Å²) < 4.78 is 32.1. The van der Waals surface area contributed by atoms with E-state index in [0.29, 0.717) is 11.1 Å². The lowest BCUT2D eigenvalue weighted by atomic mass is 9.98. The van der Waals surface area contributed by atoms with Gasteiger partial charge in [0, 0.05) is 4.90 Å². The molecule has 6 rings (SSSR count). The molecule has 5 aromatic carbocycles. The monoisotopic (exact) mass is 660 g/mol. The Bertz CT molecular complexity index is 1710. The normalized spacial score (nSPS) is 20.5. The van der Waals surface area contributed by atoms with E-state index in [9.17, 15) is 9.59 Å². The van der Waals surface area contributed by atoms with Crippen molar-refractivity contribution in [1.82, 2.24) is 0 Å². The summed E-state index contributed by atoms with van der Waals surface area (Å²) in [6, 6.07) is 47.0. The molecule has 0 spiro atoms. The molecule has 0 saturated carbocycles. The van der Waals surface area contributed by atoms with E-state index >= 15 is 0 Å². The maximum absolute atomic E-state index is 13.6. The van der Waals surface area contributed by atoms with E-state index < -0.39 is 41.8 Å². The molecule has 0 aromatic heterocycles. The fourth-order valence-corrected chi connectivity index (χ4v) is 6.51. The zero-order valence-electron chi connectivity index (χ0n) is 26.2. The maximum atomic E-state index is 13.6. The van der Waals surface area contributed by atoms with E-state index in [2.05, 4.69) is 0 Å². The highest BCUT2D eigenvalue weighted by atomic mass is 32.2. The van der Waals surface area contributed by atoms with Crippen molar-refractivity contribution in [2.75, 3.05) is 6.61 Å². The molecule has 0 N–H and O–H groups in total. The van der Waals surface area contributed by atoms with Gasteiger partial charge >= 0.3 is 11.9 Å². The summed E-state index contributed by atoms with van der Waals surface area (Å²) in [5.41, 5.74) is 2.09. The van der Waals surface area contributed by atoms with Crippen LogP contribution in [0.5, 0.6) is 0 Å². The number of carbonyl (C=O) groups excluding carboxylic acids is 2. The number of hydrogen-bond acceptors (Lipinski definition) is 8. The molecule has 1 heterocycles. The van der Waals surface area contributed by atoms with Crippen molar-refractivity contribution in [2.24, 2.45) is 0 Å². The first-order valence-electron chi connectivity index (χ1n) is 15.8. The Morgan fingerprint density at radius 1 is 0.542 bits per heavy atom. The van der Waals surface area contributed by atoms with Crippen molar-refractivity contribution >= 4 is 23.7 Å². The Balaban J connectivity index is 1.35. The van der Waals surface area contributed by atoms with Crippen molar-refractivity contribution in [3.63, 3.8) is 0 Å². The topological polar surface area (TPSA) is 80.3 Å². The van der Waals surface area contributed by atoms with Crippen LogP contribution in [0.4, 0.5) is 0 Å². The summed E-state index contributed by atoms with van der Waals surface area (Å²) in [6.07, 6.45) is -3.34. The Kier molecular flexibility index (Phi) is 11.7. The fourth-order valence-electron chi connectivity index (χ4n) is 5.36. The Morgan fingerprint density at radius 3 is 1.54 bits per heavy atom. The van der Waals surface area contributed by atoms with Crippen LogP contribution in [0.15, 0.2) is 157 Å². The van der Waals surface area contributed by atoms with Gasteiger partial charge in [-0.2, -0.15) is 0 Å². The van der Waals surface area contributed by atoms with Gasteiger partial charge in [0.1, 0.15) is 30.4 Å². The van der Waals surface area contributed by atoms with Crippen molar-refractivity contribution in [2.45, 2.75) is 48.0 Å². The smallest absolute Gasteiger partial charge is 0.338 e. The molecule has 7 nitrogen and oxygen atoms in total. The van der Waals surface area contributed by atoms with Gasteiger partial charge in [0.15, 0.2) is 6.10 Å². The van der Waals surface area contributed by atoms with Crippen LogP contribution in [0.2, 0.25) is 0 Å². The van der Waals surface area contributed by atoms with E-state index in [-0.39, 0.29) is 19.8 Å². The van der Waals surface area contributed by atoms with Gasteiger partial charge in [0.25, 0.3) is 0 Å². The summed E-state index contributed by atoms with van der Waals surface area (Å²) >= 11 is 1.48. The van der Waals surface area contributed by atoms with Gasteiger partial charge in [0.05, 0.1) is 24.3 Å². The van der Waals surface area contributed by atoms with Gasteiger partial charge in [-0.25, -0.2) is 9.59 Å². The lowest BCUT2D eigenvalue weighted by Gasteiger charge is -2.45. The second-order valence-electron chi connectivity index (χ2n) is 11.2. The quantitative estimate of drug-likeness (QED) is 0.119. The van der Waals surface area contributed by atoms with Crippen molar-refractivity contribution in [3.8, 4) is 0 Å². The van der Waals surface area contributed by atoms with Crippen LogP contribution in [-0.2, 0) is 36.9 Å². The molecule has 8 heteroatoms. The van der Waals surface area contributed by atoms with E-state index in [0.717, 1.165) is 16.0 Å². The zero-order valence-corrected chi connectivity index (χ0v) is 27.0. The molecule has 0 aliphatic carbocycles. The second-order valence-corrected chi connectivity index (χ2v) is 12.4. The molecule has 5 aromatic rings. The number of hydrogen-bond donors (Lipinski definition) is 0. The molecule has 1 aliphatic rings. The molecule has 0 bridgehead atoms. The maximum Gasteiger partial charge on any atom is 0.338 e. The van der Waals surface area contributed by atoms with Gasteiger partial charge in [-0.3, -0.25) is 0 Å². The van der Waals surface area contributed by atoms with E-state index in [1.807, 2.05) is 103 Å². The molecular weight excluding hydrogens is 625 g/mol. The molecule has 1 aliphatic heterocycles. The van der Waals surface area contributed by atoms with E-state index in [1.54, 1.807) is 48.5 Å². The average molecular weight is 661 g/mol. The van der Waals surface area contributed by atoms with Crippen LogP contribution < -0.4 is 0 Å². The number of esters is 2. The number of carbonyl (C=O) groups is 2. The first-order valence-corrected chi connectivity index (χ1v) is 16.7. The van der Waals surface area contributed by atoms with Crippen molar-refractivity contribution < 1.29 is 33.3 Å². The predicted octanol–water partition coefficient (Wildman–Crippen LogP) is 7.76. The largest absolute Gasteiger partial charge is 0.459 e. The summed E-state index contributed by atoms with van der Waals surface area (Å²) in [4.78, 5) is 27.6. The summed E-state index contributed by atoms with van der Waals surface area (Å²) in [6.45, 7) is 0.331. The first-order chi connectivity index (χ1) is 23.6. The SMILES string of the molecule is O=C(OCC1O[C@@H](Sc2ccccc2)C(OCc2ccccc2)C(OCc2ccccc2)[C@H]1OC(=O)c1ccccc1)c1ccccc1. The highest BCUT2D eigenvalue weighted by Crippen LogP contribution is 2.38. The van der Waals surface area contributed by atoms with Crippen LogP contribution in [0.1, 0.15) is 31.8 Å². The highest BCUT2D eigenvalue weighted by molar-refractivity contribution is 7.99. The first kappa shape index (κ1) is 33.2. The summed E-state index contributed by atoms with van der Waals surface area (Å²) in [5, 5.41) is 0. The van der Waals surface area contributed by atoms with Crippen LogP contribution in [-0.4, -0.2) is 48.4 Å². The minimum Gasteiger partial charge on any atom is -0.459 e. The number of thioether (sulfide) groups is 1. The van der Waals surface area contributed by atoms with Crippen LogP contribution >= 0.6 is 11.8 Å². The molecule has 3 unspecified atom stereocenters. The molecule has 0 radical (unpaired) electrons. The predicted molar refractivity (Wildman–Crippen MR) is 183 cm³/mol. The third-order valence-corrected chi connectivity index (χ3v) is 8.95. The Hall–Kier alpha value is -4.73. The van der Waals surface area contributed by atoms with Crippen molar-refractivity contribution in [1.29, 1.82) is 0 Å². The second kappa shape index (κ2) is 16.9. The van der Waals surface area contributed by atoms with E-state index in [4.69, 9.17) is 23.7 Å². The lowest BCUT2D eigenvalue weighted by molar-refractivity contribution is -0.237. The molecule has 1 fully saturated rings. The fraction of sp³-hybridized carbons (Fsp3) is 0.200. The minimum atomic E-state index is -0.988. The van der Waals surface area contributed by atoms with Crippen LogP contribution in [0.25, 0.3) is 0 Å². The van der Waals surface area contributed by atoms with Crippen molar-refractivity contribution in [3.05, 3.63) is 174 Å². The van der Waals surface area contributed by atoms with Gasteiger partial charge < -0.3 is 23.7 Å². The Labute approximate surface area is 284 Å². The van der Waals surface area contributed by atoms with Crippen LogP contribution in [0.3, 0.4) is 0 Å². The van der Waals surface area contributed by atoms with E-state index in [1.165, 1.54) is 11.8 Å². The summed E-state index contributed by atoms with van der Waals surface area (Å²) in [5.74, 6) is -1.06. The van der Waals surface area contributed by atoms with Crippen LogP contribution in [0, 0.1) is 0 Å². The highest BCUT2D eigenvalue weighted by Gasteiger charge is 2.50. The van der Waals surface area contributed by atoms with Gasteiger partial charge in [-0.15, -0.1) is 0 Å². The molecule has 244 valence electrons. The number of benzene rings is 5. The third-order valence-electron chi connectivity index (χ3n) is 7.80. The molecule has 0 amide bonds. The zero-order chi connectivity index (χ0) is 33.0. The van der Waals surface area contributed by atoms with Gasteiger partial charge in [-0.05, 0) is 47.5 Å². The standard InChI is InChI=1S/C40H36O7S/c41-38(31-20-10-3-11-21-31)45-28-34-35(47-39(42)32-22-12-4-13-23-32)36(43-26-29-16-6-1-7-17-29)37(44-27-30-18-8-2-9-19-30)40(46-34)48-33-24-14-5-15-25-33/h1-25,34-37,40H,26-28H2/t34?,35-,36?,37?,40-/m0/s1. The molecule has 5 atom stereocenters. The summed E-state index contributed by atoms with van der Waals surface area (Å²) in [7, 11) is 0. The van der Waals surface area contributed by atoms with Gasteiger partial charge in [-0.1, -0.05) is 127 Å². The number of ether oxygens (including phenoxy) is 5. The average Bonchev–Trinajstić information content (AvgIpc) is 3.15. The molecule has 1 saturated heterocycles. The Morgan fingerprint density at radius 2 is 1.00 bits per heavy atom. The minimum absolute atomic E-state index is 0.178.